The first-order valence-electron chi connectivity index (χ1n) is 5.41. The SMILES string of the molecule is CC1(NS(=O)(=O)c2cc(Cl)cc(C(=O)O)c2Cl)CC1. The van der Waals surface area contributed by atoms with Crippen molar-refractivity contribution in [3.05, 3.63) is 27.7 Å². The number of hydrogen-bond acceptors (Lipinski definition) is 3. The molecule has 0 saturated heterocycles. The number of carbonyl (C=O) groups is 1. The molecule has 1 aromatic rings. The Balaban J connectivity index is 2.53. The molecule has 19 heavy (non-hydrogen) atoms. The van der Waals surface area contributed by atoms with Crippen LogP contribution in [0.2, 0.25) is 10.0 Å². The van der Waals surface area contributed by atoms with Crippen LogP contribution in [0.4, 0.5) is 0 Å². The molecule has 1 saturated carbocycles. The average Bonchev–Trinajstić information content (AvgIpc) is 2.97. The summed E-state index contributed by atoms with van der Waals surface area (Å²) in [4.78, 5) is 10.7. The molecule has 0 radical (unpaired) electrons. The van der Waals surface area contributed by atoms with Gasteiger partial charge < -0.3 is 5.11 Å². The van der Waals surface area contributed by atoms with Crippen molar-refractivity contribution in [2.75, 3.05) is 0 Å². The van der Waals surface area contributed by atoms with Crippen molar-refractivity contribution in [2.24, 2.45) is 0 Å². The van der Waals surface area contributed by atoms with Crippen molar-refractivity contribution in [3.63, 3.8) is 0 Å². The summed E-state index contributed by atoms with van der Waals surface area (Å²) in [5.41, 5.74) is -0.816. The molecule has 1 aliphatic carbocycles. The summed E-state index contributed by atoms with van der Waals surface area (Å²) < 4.78 is 26.9. The minimum Gasteiger partial charge on any atom is -0.478 e. The van der Waals surface area contributed by atoms with Crippen LogP contribution in [0, 0.1) is 0 Å². The van der Waals surface area contributed by atoms with Gasteiger partial charge in [-0.15, -0.1) is 0 Å². The molecule has 0 aromatic heterocycles. The van der Waals surface area contributed by atoms with Gasteiger partial charge in [-0.2, -0.15) is 0 Å². The molecular weight excluding hydrogens is 313 g/mol. The third kappa shape index (κ3) is 3.02. The van der Waals surface area contributed by atoms with Crippen LogP contribution in [-0.2, 0) is 10.0 Å². The van der Waals surface area contributed by atoms with Crippen LogP contribution >= 0.6 is 23.2 Å². The predicted octanol–water partition coefficient (Wildman–Crippen LogP) is 2.52. The summed E-state index contributed by atoms with van der Waals surface area (Å²) in [5.74, 6) is -1.33. The highest BCUT2D eigenvalue weighted by atomic mass is 35.5. The molecule has 1 aliphatic rings. The van der Waals surface area contributed by atoms with E-state index in [4.69, 9.17) is 28.3 Å². The fourth-order valence-corrected chi connectivity index (χ4v) is 3.95. The first-order valence-corrected chi connectivity index (χ1v) is 7.65. The van der Waals surface area contributed by atoms with E-state index in [0.29, 0.717) is 0 Å². The number of aromatic carboxylic acids is 1. The van der Waals surface area contributed by atoms with Crippen molar-refractivity contribution in [1.29, 1.82) is 0 Å². The second-order valence-electron chi connectivity index (χ2n) is 4.74. The average molecular weight is 324 g/mol. The van der Waals surface area contributed by atoms with Crippen LogP contribution in [0.5, 0.6) is 0 Å². The number of sulfonamides is 1. The number of nitrogens with one attached hydrogen (secondary N) is 1. The van der Waals surface area contributed by atoms with E-state index >= 15 is 0 Å². The van der Waals surface area contributed by atoms with Crippen molar-refractivity contribution in [3.8, 4) is 0 Å². The van der Waals surface area contributed by atoms with E-state index in [0.717, 1.165) is 25.0 Å². The molecule has 0 aliphatic heterocycles. The van der Waals surface area contributed by atoms with E-state index in [1.54, 1.807) is 6.92 Å². The van der Waals surface area contributed by atoms with Crippen LogP contribution in [-0.4, -0.2) is 25.0 Å². The Kier molecular flexibility index (Phi) is 3.55. The Labute approximate surface area is 120 Å². The zero-order valence-corrected chi connectivity index (χ0v) is 12.2. The second kappa shape index (κ2) is 4.63. The normalized spacial score (nSPS) is 17.2. The zero-order valence-electron chi connectivity index (χ0n) is 9.91. The van der Waals surface area contributed by atoms with Gasteiger partial charge in [0.15, 0.2) is 0 Å². The lowest BCUT2D eigenvalue weighted by molar-refractivity contribution is 0.0697. The highest BCUT2D eigenvalue weighted by Gasteiger charge is 2.42. The molecule has 104 valence electrons. The highest BCUT2D eigenvalue weighted by Crippen LogP contribution is 2.37. The molecule has 0 heterocycles. The van der Waals surface area contributed by atoms with E-state index in [2.05, 4.69) is 4.72 Å². The van der Waals surface area contributed by atoms with Crippen LogP contribution in [0.25, 0.3) is 0 Å². The number of benzene rings is 1. The summed E-state index contributed by atoms with van der Waals surface area (Å²) in [5, 5.41) is 8.63. The molecule has 0 unspecified atom stereocenters. The summed E-state index contributed by atoms with van der Waals surface area (Å²) >= 11 is 11.6. The summed E-state index contributed by atoms with van der Waals surface area (Å²) in [7, 11) is -3.89. The third-order valence-electron chi connectivity index (χ3n) is 2.90. The highest BCUT2D eigenvalue weighted by molar-refractivity contribution is 7.89. The summed E-state index contributed by atoms with van der Waals surface area (Å²) in [6.45, 7) is 1.76. The van der Waals surface area contributed by atoms with Gasteiger partial charge in [0.2, 0.25) is 10.0 Å². The Hall–Kier alpha value is -0.820. The van der Waals surface area contributed by atoms with E-state index < -0.39 is 21.5 Å². The van der Waals surface area contributed by atoms with Crippen molar-refractivity contribution in [2.45, 2.75) is 30.2 Å². The summed E-state index contributed by atoms with van der Waals surface area (Å²) in [6.07, 6.45) is 1.46. The van der Waals surface area contributed by atoms with Crippen molar-refractivity contribution >= 4 is 39.2 Å². The van der Waals surface area contributed by atoms with Crippen molar-refractivity contribution < 1.29 is 18.3 Å². The zero-order chi connectivity index (χ0) is 14.4. The lowest BCUT2D eigenvalue weighted by Crippen LogP contribution is -2.34. The van der Waals surface area contributed by atoms with Crippen LogP contribution in [0.3, 0.4) is 0 Å². The topological polar surface area (TPSA) is 83.5 Å². The van der Waals surface area contributed by atoms with Gasteiger partial charge in [0, 0.05) is 10.6 Å². The quantitative estimate of drug-likeness (QED) is 0.891. The molecule has 0 spiro atoms. The van der Waals surface area contributed by atoms with Crippen molar-refractivity contribution in [1.82, 2.24) is 4.72 Å². The van der Waals surface area contributed by atoms with E-state index in [9.17, 15) is 13.2 Å². The lowest BCUT2D eigenvalue weighted by Gasteiger charge is -2.14. The molecule has 1 aromatic carbocycles. The number of hydrogen-bond donors (Lipinski definition) is 2. The van der Waals surface area contributed by atoms with Gasteiger partial charge in [-0.1, -0.05) is 23.2 Å². The number of rotatable bonds is 4. The Morgan fingerprint density at radius 3 is 2.42 bits per heavy atom. The Morgan fingerprint density at radius 2 is 1.95 bits per heavy atom. The van der Waals surface area contributed by atoms with Gasteiger partial charge in [0.25, 0.3) is 0 Å². The summed E-state index contributed by atoms with van der Waals surface area (Å²) in [6, 6.07) is 2.26. The molecule has 0 atom stereocenters. The van der Waals surface area contributed by atoms with Gasteiger partial charge in [-0.3, -0.25) is 0 Å². The van der Waals surface area contributed by atoms with Gasteiger partial charge >= 0.3 is 5.97 Å². The number of halogens is 2. The third-order valence-corrected chi connectivity index (χ3v) is 5.30. The number of carboxylic acid groups (broad SMARTS) is 1. The number of carboxylic acids is 1. The van der Waals surface area contributed by atoms with Gasteiger partial charge in [0.05, 0.1) is 10.6 Å². The van der Waals surface area contributed by atoms with Gasteiger partial charge in [0.1, 0.15) is 4.90 Å². The minimum absolute atomic E-state index is 0.00289. The van der Waals surface area contributed by atoms with E-state index in [-0.39, 0.29) is 20.5 Å². The lowest BCUT2D eigenvalue weighted by atomic mass is 10.2. The second-order valence-corrected chi connectivity index (χ2v) is 7.20. The smallest absolute Gasteiger partial charge is 0.337 e. The first-order chi connectivity index (χ1) is 8.65. The van der Waals surface area contributed by atoms with E-state index in [1.165, 1.54) is 0 Å². The monoisotopic (exact) mass is 323 g/mol. The Morgan fingerprint density at radius 1 is 1.37 bits per heavy atom. The molecular formula is C11H11Cl2NO4S. The first kappa shape index (κ1) is 14.6. The van der Waals surface area contributed by atoms with Crippen LogP contribution < -0.4 is 4.72 Å². The fraction of sp³-hybridized carbons (Fsp3) is 0.364. The standard InChI is InChI=1S/C11H11Cl2NO4S/c1-11(2-3-11)14-19(17,18)8-5-6(12)4-7(9(8)13)10(15)16/h4-5,14H,2-3H2,1H3,(H,15,16). The maximum Gasteiger partial charge on any atom is 0.337 e. The van der Waals surface area contributed by atoms with E-state index in [1.807, 2.05) is 0 Å². The fourth-order valence-electron chi connectivity index (χ4n) is 1.58. The molecule has 2 N–H and O–H groups in total. The molecule has 8 heteroatoms. The minimum atomic E-state index is -3.89. The van der Waals surface area contributed by atoms with Gasteiger partial charge in [-0.25, -0.2) is 17.9 Å². The molecule has 0 amide bonds. The maximum absolute atomic E-state index is 12.2. The van der Waals surface area contributed by atoms with Crippen LogP contribution in [0.1, 0.15) is 30.1 Å². The predicted molar refractivity (Wildman–Crippen MR) is 71.4 cm³/mol. The largest absolute Gasteiger partial charge is 0.478 e. The van der Waals surface area contributed by atoms with Gasteiger partial charge in [-0.05, 0) is 31.9 Å². The molecule has 5 nitrogen and oxygen atoms in total. The molecule has 1 fully saturated rings. The Bertz CT molecular complexity index is 653. The van der Waals surface area contributed by atoms with Crippen LogP contribution in [0.15, 0.2) is 17.0 Å². The molecule has 0 bridgehead atoms. The maximum atomic E-state index is 12.2. The molecule has 2 rings (SSSR count).